The molecule has 0 fully saturated rings. The van der Waals surface area contributed by atoms with E-state index in [2.05, 4.69) is 0 Å². The van der Waals surface area contributed by atoms with E-state index in [1.807, 2.05) is 13.8 Å². The summed E-state index contributed by atoms with van der Waals surface area (Å²) < 4.78 is 0. The van der Waals surface area contributed by atoms with Gasteiger partial charge in [0.25, 0.3) is 11.8 Å². The molecule has 19 heavy (non-hydrogen) atoms. The molecule has 0 radical (unpaired) electrons. The van der Waals surface area contributed by atoms with Gasteiger partial charge in [0.2, 0.25) is 0 Å². The van der Waals surface area contributed by atoms with E-state index in [9.17, 15) is 14.7 Å². The maximum absolute atomic E-state index is 12.1. The maximum Gasteiger partial charge on any atom is 0.261 e. The van der Waals surface area contributed by atoms with Crippen LogP contribution in [0.1, 0.15) is 47.4 Å². The Morgan fingerprint density at radius 3 is 2.11 bits per heavy atom. The molecule has 0 aromatic heterocycles. The fourth-order valence-corrected chi connectivity index (χ4v) is 2.23. The number of amides is 2. The van der Waals surface area contributed by atoms with Crippen LogP contribution in [0.25, 0.3) is 0 Å². The summed E-state index contributed by atoms with van der Waals surface area (Å²) in [6.45, 7) is 4.27. The predicted molar refractivity (Wildman–Crippen MR) is 71.9 cm³/mol. The summed E-state index contributed by atoms with van der Waals surface area (Å²) in [6.07, 6.45) is 0.853. The van der Waals surface area contributed by atoms with E-state index in [0.29, 0.717) is 30.5 Å². The Hall–Kier alpha value is -1.68. The number of hydrogen-bond donors (Lipinski definition) is 1. The average Bonchev–Trinajstić information content (AvgIpc) is 2.64. The largest absolute Gasteiger partial charge is 0.393 e. The Kier molecular flexibility index (Phi) is 4.00. The van der Waals surface area contributed by atoms with Crippen molar-refractivity contribution in [1.82, 2.24) is 4.90 Å². The topological polar surface area (TPSA) is 57.6 Å². The normalized spacial score (nSPS) is 16.1. The number of nitrogens with zero attached hydrogens (tertiary/aromatic N) is 1. The van der Waals surface area contributed by atoms with Crippen molar-refractivity contribution in [2.75, 3.05) is 6.54 Å². The van der Waals surface area contributed by atoms with E-state index in [-0.39, 0.29) is 23.8 Å². The summed E-state index contributed by atoms with van der Waals surface area (Å²) in [4.78, 5) is 25.4. The van der Waals surface area contributed by atoms with Crippen molar-refractivity contribution in [3.05, 3.63) is 35.4 Å². The number of benzene rings is 1. The van der Waals surface area contributed by atoms with Crippen LogP contribution in [0.4, 0.5) is 0 Å². The van der Waals surface area contributed by atoms with Gasteiger partial charge in [-0.1, -0.05) is 26.0 Å². The Labute approximate surface area is 113 Å². The fourth-order valence-electron chi connectivity index (χ4n) is 2.23. The lowest BCUT2D eigenvalue weighted by molar-refractivity contribution is 0.0630. The third-order valence-corrected chi connectivity index (χ3v) is 3.53. The highest BCUT2D eigenvalue weighted by Crippen LogP contribution is 2.23. The van der Waals surface area contributed by atoms with Crippen molar-refractivity contribution in [2.45, 2.75) is 32.8 Å². The van der Waals surface area contributed by atoms with Gasteiger partial charge in [-0.2, -0.15) is 0 Å². The molecule has 1 atom stereocenters. The van der Waals surface area contributed by atoms with Gasteiger partial charge in [-0.25, -0.2) is 0 Å². The highest BCUT2D eigenvalue weighted by molar-refractivity contribution is 6.21. The molecule has 1 aliphatic rings. The first kappa shape index (κ1) is 13.7. The van der Waals surface area contributed by atoms with Crippen LogP contribution in [-0.4, -0.2) is 34.5 Å². The highest BCUT2D eigenvalue weighted by atomic mass is 16.3. The zero-order chi connectivity index (χ0) is 14.0. The quantitative estimate of drug-likeness (QED) is 0.826. The van der Waals surface area contributed by atoms with Crippen molar-refractivity contribution in [3.63, 3.8) is 0 Å². The third kappa shape index (κ3) is 2.68. The molecule has 0 saturated heterocycles. The molecule has 1 aromatic rings. The number of carbonyl (C=O) groups is 2. The molecular weight excluding hydrogens is 242 g/mol. The van der Waals surface area contributed by atoms with Gasteiger partial charge in [0, 0.05) is 6.54 Å². The van der Waals surface area contributed by atoms with Gasteiger partial charge in [0.1, 0.15) is 0 Å². The molecule has 4 nitrogen and oxygen atoms in total. The van der Waals surface area contributed by atoms with Crippen LogP contribution in [0.5, 0.6) is 0 Å². The molecule has 1 aliphatic heterocycles. The molecule has 0 saturated carbocycles. The number of aliphatic hydroxyl groups excluding tert-OH is 1. The first-order chi connectivity index (χ1) is 9.02. The lowest BCUT2D eigenvalue weighted by Gasteiger charge is -2.17. The summed E-state index contributed by atoms with van der Waals surface area (Å²) in [7, 11) is 0. The van der Waals surface area contributed by atoms with Crippen molar-refractivity contribution in [1.29, 1.82) is 0 Å². The van der Waals surface area contributed by atoms with E-state index >= 15 is 0 Å². The lowest BCUT2D eigenvalue weighted by atomic mass is 10.0. The highest BCUT2D eigenvalue weighted by Gasteiger charge is 2.34. The Morgan fingerprint density at radius 2 is 1.63 bits per heavy atom. The van der Waals surface area contributed by atoms with Crippen molar-refractivity contribution in [3.8, 4) is 0 Å². The second-order valence-corrected chi connectivity index (χ2v) is 5.26. The number of imide groups is 1. The van der Waals surface area contributed by atoms with E-state index < -0.39 is 0 Å². The van der Waals surface area contributed by atoms with E-state index in [1.165, 1.54) is 4.90 Å². The average molecular weight is 261 g/mol. The molecule has 1 heterocycles. The number of fused-ring (bicyclic) bond motifs is 1. The van der Waals surface area contributed by atoms with Crippen LogP contribution >= 0.6 is 0 Å². The number of hydrogen-bond acceptors (Lipinski definition) is 3. The summed E-state index contributed by atoms with van der Waals surface area (Å²) in [5.74, 6) is -0.249. The molecule has 1 unspecified atom stereocenters. The van der Waals surface area contributed by atoms with Crippen LogP contribution in [0.3, 0.4) is 0 Å². The van der Waals surface area contributed by atoms with E-state index in [0.717, 1.165) is 0 Å². The Bertz CT molecular complexity index is 461. The van der Waals surface area contributed by atoms with Crippen molar-refractivity contribution >= 4 is 11.8 Å². The molecule has 2 rings (SSSR count). The van der Waals surface area contributed by atoms with Crippen molar-refractivity contribution < 1.29 is 14.7 Å². The van der Waals surface area contributed by atoms with Crippen molar-refractivity contribution in [2.24, 2.45) is 5.92 Å². The smallest absolute Gasteiger partial charge is 0.261 e. The van der Waals surface area contributed by atoms with E-state index in [4.69, 9.17) is 0 Å². The minimum Gasteiger partial charge on any atom is -0.393 e. The van der Waals surface area contributed by atoms with Crippen LogP contribution in [0.15, 0.2) is 24.3 Å². The zero-order valence-corrected chi connectivity index (χ0v) is 11.3. The summed E-state index contributed by atoms with van der Waals surface area (Å²) in [5, 5.41) is 9.72. The van der Waals surface area contributed by atoms with Gasteiger partial charge in [-0.05, 0) is 30.9 Å². The minimum atomic E-state index is -0.379. The molecule has 1 N–H and O–H groups in total. The molecule has 102 valence electrons. The number of rotatable bonds is 5. The summed E-state index contributed by atoms with van der Waals surface area (Å²) >= 11 is 0. The standard InChI is InChI=1S/C15H19NO3/c1-10(2)13(17)8-5-9-16-14(18)11-6-3-4-7-12(11)15(16)19/h3-4,6-7,10,13,17H,5,8-9H2,1-2H3. The SMILES string of the molecule is CC(C)C(O)CCCN1C(=O)c2ccccc2C1=O. The second-order valence-electron chi connectivity index (χ2n) is 5.26. The minimum absolute atomic E-state index is 0.196. The maximum atomic E-state index is 12.1. The van der Waals surface area contributed by atoms with Crippen LogP contribution < -0.4 is 0 Å². The van der Waals surface area contributed by atoms with Gasteiger partial charge in [-0.3, -0.25) is 14.5 Å². The third-order valence-electron chi connectivity index (χ3n) is 3.53. The summed E-state index contributed by atoms with van der Waals surface area (Å²) in [6, 6.07) is 6.88. The van der Waals surface area contributed by atoms with Gasteiger partial charge < -0.3 is 5.11 Å². The fraction of sp³-hybridized carbons (Fsp3) is 0.467. The number of carbonyl (C=O) groups excluding carboxylic acids is 2. The molecule has 0 aliphatic carbocycles. The summed E-state index contributed by atoms with van der Waals surface area (Å²) in [5.41, 5.74) is 0.966. The van der Waals surface area contributed by atoms with Gasteiger partial charge in [-0.15, -0.1) is 0 Å². The van der Waals surface area contributed by atoms with Gasteiger partial charge in [0.05, 0.1) is 17.2 Å². The molecule has 4 heteroatoms. The molecule has 2 amide bonds. The van der Waals surface area contributed by atoms with Gasteiger partial charge >= 0.3 is 0 Å². The molecule has 0 spiro atoms. The lowest BCUT2D eigenvalue weighted by Crippen LogP contribution is -2.31. The predicted octanol–water partition coefficient (Wildman–Crippen LogP) is 2.08. The first-order valence-corrected chi connectivity index (χ1v) is 6.65. The molecule has 0 bridgehead atoms. The second kappa shape index (κ2) is 5.53. The molecule has 1 aromatic carbocycles. The van der Waals surface area contributed by atoms with E-state index in [1.54, 1.807) is 24.3 Å². The monoisotopic (exact) mass is 261 g/mol. The number of aliphatic hydroxyl groups is 1. The molecular formula is C15H19NO3. The van der Waals surface area contributed by atoms with Gasteiger partial charge in [0.15, 0.2) is 0 Å². The Morgan fingerprint density at radius 1 is 1.11 bits per heavy atom. The first-order valence-electron chi connectivity index (χ1n) is 6.65. The zero-order valence-electron chi connectivity index (χ0n) is 11.3. The Balaban J connectivity index is 1.97. The van der Waals surface area contributed by atoms with Crippen LogP contribution in [-0.2, 0) is 0 Å². The van der Waals surface area contributed by atoms with Crippen LogP contribution in [0.2, 0.25) is 0 Å². The van der Waals surface area contributed by atoms with Crippen LogP contribution in [0, 0.1) is 5.92 Å².